The highest BCUT2D eigenvalue weighted by Gasteiger charge is 2.31. The van der Waals surface area contributed by atoms with E-state index in [1.165, 1.54) is 0 Å². The number of aryl methyl sites for hydroxylation is 1. The fourth-order valence-corrected chi connectivity index (χ4v) is 3.07. The summed E-state index contributed by atoms with van der Waals surface area (Å²) in [5.41, 5.74) is 2.27. The Hall–Kier alpha value is -2.30. The van der Waals surface area contributed by atoms with Crippen molar-refractivity contribution in [3.05, 3.63) is 35.5 Å². The molecule has 3 N–H and O–H groups in total. The van der Waals surface area contributed by atoms with Gasteiger partial charge in [0.2, 0.25) is 5.91 Å². The predicted molar refractivity (Wildman–Crippen MR) is 90.4 cm³/mol. The summed E-state index contributed by atoms with van der Waals surface area (Å²) in [7, 11) is 0. The first kappa shape index (κ1) is 17.1. The number of benzene rings is 1. The number of carboxylic acid groups (broad SMARTS) is 1. The maximum absolute atomic E-state index is 12.5. The van der Waals surface area contributed by atoms with Crippen molar-refractivity contribution in [1.29, 1.82) is 0 Å². The quantitative estimate of drug-likeness (QED) is 0.734. The maximum Gasteiger partial charge on any atom is 0.305 e. The molecule has 0 aliphatic rings. The standard InChI is InChI=1S/C18H24N2O3/c1-4-18(5-2,11-17(22)23)20-16(21)10-14-12(3)19-15-9-7-6-8-13(14)15/h6-9,19H,4-5,10-11H2,1-3H3,(H,20,21)(H,22,23). The Labute approximate surface area is 136 Å². The molecule has 1 aromatic heterocycles. The van der Waals surface area contributed by atoms with Gasteiger partial charge in [0.15, 0.2) is 0 Å². The van der Waals surface area contributed by atoms with Crippen LogP contribution in [0.25, 0.3) is 10.9 Å². The van der Waals surface area contributed by atoms with Gasteiger partial charge in [-0.05, 0) is 31.4 Å². The minimum atomic E-state index is -0.891. The van der Waals surface area contributed by atoms with Crippen LogP contribution in [0.5, 0.6) is 0 Å². The first-order valence-corrected chi connectivity index (χ1v) is 7.99. The Balaban J connectivity index is 2.20. The Kier molecular flexibility index (Phi) is 5.08. The van der Waals surface area contributed by atoms with Crippen molar-refractivity contribution in [1.82, 2.24) is 10.3 Å². The lowest BCUT2D eigenvalue weighted by molar-refractivity contribution is -0.139. The van der Waals surface area contributed by atoms with E-state index in [2.05, 4.69) is 10.3 Å². The van der Waals surface area contributed by atoms with Crippen molar-refractivity contribution in [2.24, 2.45) is 0 Å². The number of carbonyl (C=O) groups excluding carboxylic acids is 1. The zero-order valence-corrected chi connectivity index (χ0v) is 13.9. The first-order valence-electron chi connectivity index (χ1n) is 7.99. The third-order valence-corrected chi connectivity index (χ3v) is 4.61. The molecule has 0 saturated carbocycles. The molecular weight excluding hydrogens is 292 g/mol. The van der Waals surface area contributed by atoms with E-state index in [0.717, 1.165) is 22.2 Å². The van der Waals surface area contributed by atoms with Crippen molar-refractivity contribution in [3.8, 4) is 0 Å². The van der Waals surface area contributed by atoms with Gasteiger partial charge >= 0.3 is 5.97 Å². The number of nitrogens with one attached hydrogen (secondary N) is 2. The number of carboxylic acids is 1. The van der Waals surface area contributed by atoms with Crippen LogP contribution >= 0.6 is 0 Å². The summed E-state index contributed by atoms with van der Waals surface area (Å²) in [6.07, 6.45) is 1.37. The van der Waals surface area contributed by atoms with Gasteiger partial charge in [-0.2, -0.15) is 0 Å². The zero-order valence-electron chi connectivity index (χ0n) is 13.9. The molecule has 124 valence electrons. The zero-order chi connectivity index (χ0) is 17.0. The summed E-state index contributed by atoms with van der Waals surface area (Å²) in [4.78, 5) is 26.9. The number of hydrogen-bond acceptors (Lipinski definition) is 2. The summed E-state index contributed by atoms with van der Waals surface area (Å²) in [6, 6.07) is 7.88. The van der Waals surface area contributed by atoms with E-state index in [1.54, 1.807) is 0 Å². The van der Waals surface area contributed by atoms with Crippen molar-refractivity contribution >= 4 is 22.8 Å². The van der Waals surface area contributed by atoms with E-state index in [0.29, 0.717) is 12.8 Å². The molecule has 2 aromatic rings. The molecule has 1 amide bonds. The number of fused-ring (bicyclic) bond motifs is 1. The molecule has 0 aliphatic carbocycles. The number of para-hydroxylation sites is 1. The van der Waals surface area contributed by atoms with E-state index in [9.17, 15) is 9.59 Å². The molecule has 0 unspecified atom stereocenters. The van der Waals surface area contributed by atoms with Gasteiger partial charge < -0.3 is 15.4 Å². The molecule has 0 radical (unpaired) electrons. The normalized spacial score (nSPS) is 11.6. The number of amides is 1. The summed E-state index contributed by atoms with van der Waals surface area (Å²) in [5.74, 6) is -1.03. The number of hydrogen-bond donors (Lipinski definition) is 3. The number of rotatable bonds is 7. The molecule has 0 aliphatic heterocycles. The van der Waals surface area contributed by atoms with E-state index in [1.807, 2.05) is 45.0 Å². The predicted octanol–water partition coefficient (Wildman–Crippen LogP) is 3.17. The van der Waals surface area contributed by atoms with Crippen LogP contribution in [-0.2, 0) is 16.0 Å². The van der Waals surface area contributed by atoms with E-state index < -0.39 is 11.5 Å². The molecule has 0 saturated heterocycles. The molecule has 5 nitrogen and oxygen atoms in total. The van der Waals surface area contributed by atoms with Gasteiger partial charge in [0.25, 0.3) is 0 Å². The Morgan fingerprint density at radius 1 is 1.22 bits per heavy atom. The van der Waals surface area contributed by atoms with Crippen LogP contribution in [0.1, 0.15) is 44.4 Å². The van der Waals surface area contributed by atoms with Gasteiger partial charge in [-0.3, -0.25) is 9.59 Å². The number of carbonyl (C=O) groups is 2. The second-order valence-electron chi connectivity index (χ2n) is 6.06. The van der Waals surface area contributed by atoms with Crippen LogP contribution in [0.2, 0.25) is 0 Å². The molecule has 5 heteroatoms. The summed E-state index contributed by atoms with van der Waals surface area (Å²) in [6.45, 7) is 5.76. The first-order chi connectivity index (χ1) is 10.9. The molecule has 23 heavy (non-hydrogen) atoms. The highest BCUT2D eigenvalue weighted by Crippen LogP contribution is 2.24. The Morgan fingerprint density at radius 2 is 1.87 bits per heavy atom. The lowest BCUT2D eigenvalue weighted by Gasteiger charge is -2.31. The van der Waals surface area contributed by atoms with Crippen molar-refractivity contribution < 1.29 is 14.7 Å². The minimum absolute atomic E-state index is 0.0569. The fourth-order valence-electron chi connectivity index (χ4n) is 3.07. The number of aromatic nitrogens is 1. The summed E-state index contributed by atoms with van der Waals surface area (Å²) >= 11 is 0. The van der Waals surface area contributed by atoms with Gasteiger partial charge in [0.1, 0.15) is 0 Å². The number of aliphatic carboxylic acids is 1. The van der Waals surface area contributed by atoms with Gasteiger partial charge in [-0.15, -0.1) is 0 Å². The lowest BCUT2D eigenvalue weighted by atomic mass is 9.88. The SMILES string of the molecule is CCC(CC)(CC(=O)O)NC(=O)Cc1c(C)[nH]c2ccccc12. The van der Waals surface area contributed by atoms with Crippen molar-refractivity contribution in [2.45, 2.75) is 52.0 Å². The molecule has 1 aromatic carbocycles. The highest BCUT2D eigenvalue weighted by molar-refractivity contribution is 5.90. The smallest absolute Gasteiger partial charge is 0.305 e. The van der Waals surface area contributed by atoms with Gasteiger partial charge in [0, 0.05) is 22.1 Å². The monoisotopic (exact) mass is 316 g/mol. The van der Waals surface area contributed by atoms with Gasteiger partial charge in [-0.1, -0.05) is 32.0 Å². The Morgan fingerprint density at radius 3 is 2.48 bits per heavy atom. The fraction of sp³-hybridized carbons (Fsp3) is 0.444. The van der Waals surface area contributed by atoms with Crippen LogP contribution in [0.15, 0.2) is 24.3 Å². The van der Waals surface area contributed by atoms with Crippen molar-refractivity contribution in [3.63, 3.8) is 0 Å². The van der Waals surface area contributed by atoms with Crippen LogP contribution < -0.4 is 5.32 Å². The average molecular weight is 316 g/mol. The highest BCUT2D eigenvalue weighted by atomic mass is 16.4. The number of aromatic amines is 1. The van der Waals surface area contributed by atoms with Crippen LogP contribution in [0, 0.1) is 6.92 Å². The van der Waals surface area contributed by atoms with Crippen LogP contribution in [0.3, 0.4) is 0 Å². The summed E-state index contributed by atoms with van der Waals surface area (Å²) in [5, 5.41) is 13.1. The Bertz CT molecular complexity index is 714. The maximum atomic E-state index is 12.5. The third kappa shape index (κ3) is 3.73. The van der Waals surface area contributed by atoms with E-state index in [-0.39, 0.29) is 18.7 Å². The third-order valence-electron chi connectivity index (χ3n) is 4.61. The molecule has 0 fully saturated rings. The molecule has 2 rings (SSSR count). The lowest BCUT2D eigenvalue weighted by Crippen LogP contribution is -2.49. The van der Waals surface area contributed by atoms with Gasteiger partial charge in [0.05, 0.1) is 12.8 Å². The summed E-state index contributed by atoms with van der Waals surface area (Å²) < 4.78 is 0. The van der Waals surface area contributed by atoms with E-state index in [4.69, 9.17) is 5.11 Å². The molecule has 0 spiro atoms. The average Bonchev–Trinajstić information content (AvgIpc) is 2.82. The molecule has 0 atom stereocenters. The van der Waals surface area contributed by atoms with Gasteiger partial charge in [-0.25, -0.2) is 0 Å². The number of H-pyrrole nitrogens is 1. The second kappa shape index (κ2) is 6.86. The molecule has 1 heterocycles. The second-order valence-corrected chi connectivity index (χ2v) is 6.06. The van der Waals surface area contributed by atoms with Crippen LogP contribution in [-0.4, -0.2) is 27.5 Å². The van der Waals surface area contributed by atoms with Crippen LogP contribution in [0.4, 0.5) is 0 Å². The minimum Gasteiger partial charge on any atom is -0.481 e. The topological polar surface area (TPSA) is 82.2 Å². The van der Waals surface area contributed by atoms with Crippen molar-refractivity contribution in [2.75, 3.05) is 0 Å². The molecular formula is C18H24N2O3. The molecule has 0 bridgehead atoms. The largest absolute Gasteiger partial charge is 0.481 e. The van der Waals surface area contributed by atoms with E-state index >= 15 is 0 Å².